The number of aliphatic hydroxyl groups is 1. The number of amides is 1. The number of alkyl halides is 3. The summed E-state index contributed by atoms with van der Waals surface area (Å²) < 4.78 is 39.1. The van der Waals surface area contributed by atoms with Crippen molar-refractivity contribution in [3.8, 4) is 19.5 Å². The minimum absolute atomic E-state index is 0.0756. The second kappa shape index (κ2) is 8.35. The quantitative estimate of drug-likeness (QED) is 0.332. The highest BCUT2D eigenvalue weighted by Crippen LogP contribution is 2.42. The van der Waals surface area contributed by atoms with Gasteiger partial charge in [-0.2, -0.15) is 13.2 Å². The smallest absolute Gasteiger partial charge is 0.379 e. The van der Waals surface area contributed by atoms with Gasteiger partial charge in [0.15, 0.2) is 6.10 Å². The second-order valence-electron chi connectivity index (χ2n) is 6.29. The number of nitrogens with one attached hydrogen (secondary N) is 1. The van der Waals surface area contributed by atoms with Gasteiger partial charge in [-0.25, -0.2) is 0 Å². The minimum Gasteiger partial charge on any atom is -0.379 e. The monoisotopic (exact) mass is 465 g/mol. The molecule has 1 aromatic carbocycles. The number of aliphatic hydroxyl groups excluding tert-OH is 1. The number of carbonyl (C=O) groups is 1. The van der Waals surface area contributed by atoms with Crippen molar-refractivity contribution < 1.29 is 23.1 Å². The molecule has 0 bridgehead atoms. The van der Waals surface area contributed by atoms with Crippen LogP contribution in [-0.2, 0) is 0 Å². The van der Waals surface area contributed by atoms with E-state index in [-0.39, 0.29) is 5.69 Å². The van der Waals surface area contributed by atoms with Crippen molar-refractivity contribution in [2.75, 3.05) is 5.32 Å². The zero-order valence-corrected chi connectivity index (χ0v) is 17.6. The van der Waals surface area contributed by atoms with Crippen molar-refractivity contribution >= 4 is 45.6 Å². The number of thiophene rings is 3. The molecule has 4 rings (SSSR count). The fourth-order valence-electron chi connectivity index (χ4n) is 2.91. The van der Waals surface area contributed by atoms with Gasteiger partial charge in [-0.15, -0.1) is 34.0 Å². The molecule has 0 saturated carbocycles. The van der Waals surface area contributed by atoms with E-state index in [2.05, 4.69) is 5.32 Å². The summed E-state index contributed by atoms with van der Waals surface area (Å²) in [7, 11) is 0. The fourth-order valence-corrected chi connectivity index (χ4v) is 5.75. The van der Waals surface area contributed by atoms with Gasteiger partial charge in [0.2, 0.25) is 0 Å². The molecule has 0 aliphatic heterocycles. The molecule has 0 saturated heterocycles. The topological polar surface area (TPSA) is 49.3 Å². The third-order valence-electron chi connectivity index (χ3n) is 4.30. The predicted octanol–water partition coefficient (Wildman–Crippen LogP) is 7.05. The number of hydrogen-bond donors (Lipinski definition) is 2. The third kappa shape index (κ3) is 4.20. The van der Waals surface area contributed by atoms with Crippen LogP contribution in [0.4, 0.5) is 18.9 Å². The maximum Gasteiger partial charge on any atom is 0.418 e. The molecule has 4 aromatic rings. The van der Waals surface area contributed by atoms with Crippen LogP contribution in [0.15, 0.2) is 65.4 Å². The van der Waals surface area contributed by atoms with Crippen molar-refractivity contribution in [2.24, 2.45) is 0 Å². The Morgan fingerprint density at radius 2 is 1.60 bits per heavy atom. The molecule has 0 fully saturated rings. The third-order valence-corrected chi connectivity index (χ3v) is 7.55. The number of benzene rings is 1. The van der Waals surface area contributed by atoms with E-state index in [4.69, 9.17) is 0 Å². The Hall–Kier alpha value is -2.46. The van der Waals surface area contributed by atoms with Gasteiger partial charge >= 0.3 is 6.18 Å². The summed E-state index contributed by atoms with van der Waals surface area (Å²) in [6.07, 6.45) is -7.52. The largest absolute Gasteiger partial charge is 0.418 e. The van der Waals surface area contributed by atoms with Gasteiger partial charge in [0.25, 0.3) is 5.91 Å². The van der Waals surface area contributed by atoms with Crippen molar-refractivity contribution in [3.63, 3.8) is 0 Å². The van der Waals surface area contributed by atoms with E-state index in [0.29, 0.717) is 5.56 Å². The molecule has 3 nitrogen and oxygen atoms in total. The van der Waals surface area contributed by atoms with Crippen LogP contribution >= 0.6 is 34.0 Å². The summed E-state index contributed by atoms with van der Waals surface area (Å²) in [4.78, 5) is 16.6. The highest BCUT2D eigenvalue weighted by atomic mass is 32.1. The molecule has 0 radical (unpaired) electrons. The molecule has 2 N–H and O–H groups in total. The maximum absolute atomic E-state index is 13.1. The number of para-hydroxylation sites is 1. The van der Waals surface area contributed by atoms with E-state index in [1.807, 2.05) is 35.0 Å². The molecule has 0 aliphatic carbocycles. The highest BCUT2D eigenvalue weighted by Gasteiger charge is 2.40. The van der Waals surface area contributed by atoms with Crippen molar-refractivity contribution in [1.29, 1.82) is 0 Å². The number of rotatable bonds is 5. The van der Waals surface area contributed by atoms with Crippen LogP contribution in [0.3, 0.4) is 0 Å². The SMILES string of the molecule is O=C(Nc1ccccc1C(O)C(F)(F)F)c1cc(-c2cccs2)sc1-c1cccs1. The summed E-state index contributed by atoms with van der Waals surface area (Å²) in [5.74, 6) is -0.528. The maximum atomic E-state index is 13.1. The van der Waals surface area contributed by atoms with Gasteiger partial charge in [-0.05, 0) is 35.0 Å². The zero-order chi connectivity index (χ0) is 21.3. The van der Waals surface area contributed by atoms with Gasteiger partial charge in [0.05, 0.1) is 10.4 Å². The zero-order valence-electron chi connectivity index (χ0n) is 15.1. The Bertz CT molecular complexity index is 1150. The molecule has 0 aliphatic rings. The van der Waals surface area contributed by atoms with E-state index < -0.39 is 23.8 Å². The van der Waals surface area contributed by atoms with Gasteiger partial charge < -0.3 is 10.4 Å². The Kier molecular flexibility index (Phi) is 5.79. The van der Waals surface area contributed by atoms with Gasteiger partial charge in [-0.1, -0.05) is 30.3 Å². The molecule has 0 spiro atoms. The molecule has 1 atom stereocenters. The lowest BCUT2D eigenvalue weighted by Crippen LogP contribution is -2.22. The van der Waals surface area contributed by atoms with E-state index in [1.165, 1.54) is 40.9 Å². The van der Waals surface area contributed by atoms with Crippen LogP contribution in [0.25, 0.3) is 19.5 Å². The van der Waals surface area contributed by atoms with Crippen molar-refractivity contribution in [2.45, 2.75) is 12.3 Å². The lowest BCUT2D eigenvalue weighted by molar-refractivity contribution is -0.206. The van der Waals surface area contributed by atoms with Gasteiger partial charge in [0.1, 0.15) is 0 Å². The molecule has 30 heavy (non-hydrogen) atoms. The van der Waals surface area contributed by atoms with Crippen molar-refractivity contribution in [1.82, 2.24) is 0 Å². The standard InChI is InChI=1S/C21H14F3NO2S3/c22-21(23,24)19(26)12-5-1-2-6-14(12)25-20(27)13-11-17(15-7-3-9-28-15)30-18(13)16-8-4-10-29-16/h1-11,19,26H,(H,25,27). The van der Waals surface area contributed by atoms with Crippen LogP contribution in [-0.4, -0.2) is 17.2 Å². The Balaban J connectivity index is 1.71. The van der Waals surface area contributed by atoms with Crippen LogP contribution < -0.4 is 5.32 Å². The Morgan fingerprint density at radius 1 is 0.933 bits per heavy atom. The minimum atomic E-state index is -4.84. The number of anilines is 1. The lowest BCUT2D eigenvalue weighted by Gasteiger charge is -2.18. The van der Waals surface area contributed by atoms with Gasteiger partial charge in [0, 0.05) is 25.9 Å². The first-order chi connectivity index (χ1) is 14.3. The molecule has 154 valence electrons. The number of halogens is 3. The highest BCUT2D eigenvalue weighted by molar-refractivity contribution is 7.26. The first-order valence-corrected chi connectivity index (χ1v) is 11.3. The predicted molar refractivity (Wildman–Crippen MR) is 116 cm³/mol. The summed E-state index contributed by atoms with van der Waals surface area (Å²) >= 11 is 4.48. The number of hydrogen-bond acceptors (Lipinski definition) is 5. The number of carbonyl (C=O) groups excluding carboxylic acids is 1. The van der Waals surface area contributed by atoms with Gasteiger partial charge in [-0.3, -0.25) is 4.79 Å². The first-order valence-electron chi connectivity index (χ1n) is 8.71. The first kappa shape index (κ1) is 20.8. The molecular formula is C21H14F3NO2S3. The summed E-state index contributed by atoms with van der Waals surface area (Å²) in [5.41, 5.74) is -0.0970. The molecule has 1 amide bonds. The molecular weight excluding hydrogens is 451 g/mol. The fraction of sp³-hybridized carbons (Fsp3) is 0.0952. The van der Waals surface area contributed by atoms with Crippen LogP contribution in [0, 0.1) is 0 Å². The summed E-state index contributed by atoms with van der Waals surface area (Å²) in [6, 6.07) is 14.8. The average molecular weight is 466 g/mol. The van der Waals surface area contributed by atoms with Crippen LogP contribution in [0.5, 0.6) is 0 Å². The molecule has 3 heterocycles. The molecule has 1 unspecified atom stereocenters. The van der Waals surface area contributed by atoms with E-state index >= 15 is 0 Å². The van der Waals surface area contributed by atoms with E-state index in [9.17, 15) is 23.1 Å². The molecule has 3 aromatic heterocycles. The Morgan fingerprint density at radius 3 is 2.23 bits per heavy atom. The van der Waals surface area contributed by atoms with Crippen LogP contribution in [0.2, 0.25) is 0 Å². The second-order valence-corrected chi connectivity index (χ2v) is 9.24. The normalized spacial score (nSPS) is 12.7. The van der Waals surface area contributed by atoms with E-state index in [1.54, 1.807) is 17.4 Å². The lowest BCUT2D eigenvalue weighted by atomic mass is 10.1. The summed E-state index contributed by atoms with van der Waals surface area (Å²) in [6.45, 7) is 0. The van der Waals surface area contributed by atoms with Crippen LogP contribution in [0.1, 0.15) is 22.0 Å². The molecule has 9 heteroatoms. The Labute approximate surface area is 182 Å². The van der Waals surface area contributed by atoms with Crippen molar-refractivity contribution in [3.05, 3.63) is 76.5 Å². The van der Waals surface area contributed by atoms with E-state index in [0.717, 1.165) is 25.6 Å². The summed E-state index contributed by atoms with van der Waals surface area (Å²) in [5, 5.41) is 16.1. The average Bonchev–Trinajstić information content (AvgIpc) is 3.47.